The van der Waals surface area contributed by atoms with Crippen molar-refractivity contribution in [1.29, 1.82) is 0 Å². The third-order valence-electron chi connectivity index (χ3n) is 6.00. The Hall–Kier alpha value is -1.81. The summed E-state index contributed by atoms with van der Waals surface area (Å²) in [4.78, 5) is 13.9. The third-order valence-corrected chi connectivity index (χ3v) is 6.00. The van der Waals surface area contributed by atoms with Gasteiger partial charge in [-0.3, -0.25) is 4.90 Å². The fourth-order valence-corrected chi connectivity index (χ4v) is 4.84. The molecule has 0 aromatic heterocycles. The normalized spacial score (nSPS) is 29.2. The highest BCUT2D eigenvalue weighted by atomic mass is 16.5. The highest BCUT2D eigenvalue weighted by Gasteiger charge is 2.44. The molecular formula is C20H25NO3. The van der Waals surface area contributed by atoms with Crippen LogP contribution < -0.4 is 9.47 Å². The number of esters is 1. The number of nitrogens with zero attached hydrogens (tertiary/aromatic N) is 1. The van der Waals surface area contributed by atoms with E-state index >= 15 is 0 Å². The molecule has 2 aliphatic carbocycles. The molecular weight excluding hydrogens is 302 g/mol. The van der Waals surface area contributed by atoms with E-state index in [1.54, 1.807) is 6.07 Å². The molecule has 0 atom stereocenters. The van der Waals surface area contributed by atoms with E-state index in [0.29, 0.717) is 18.0 Å². The van der Waals surface area contributed by atoms with Gasteiger partial charge in [-0.25, -0.2) is 4.79 Å². The summed E-state index contributed by atoms with van der Waals surface area (Å²) < 4.78 is 11.3. The summed E-state index contributed by atoms with van der Waals surface area (Å²) in [7, 11) is 0. The summed E-state index contributed by atoms with van der Waals surface area (Å²) in [6.45, 7) is 4.99. The van der Waals surface area contributed by atoms with Crippen LogP contribution in [0.5, 0.6) is 11.5 Å². The zero-order valence-corrected chi connectivity index (χ0v) is 14.1. The van der Waals surface area contributed by atoms with E-state index in [1.165, 1.54) is 51.0 Å². The first-order valence-corrected chi connectivity index (χ1v) is 9.04. The van der Waals surface area contributed by atoms with Crippen LogP contribution in [-0.2, 0) is 11.3 Å². The molecule has 1 aromatic carbocycles. The van der Waals surface area contributed by atoms with Crippen LogP contribution in [0.3, 0.4) is 0 Å². The summed E-state index contributed by atoms with van der Waals surface area (Å²) >= 11 is 0. The second-order valence-corrected chi connectivity index (χ2v) is 7.45. The van der Waals surface area contributed by atoms with Crippen molar-refractivity contribution >= 4 is 5.97 Å². The third kappa shape index (κ3) is 2.84. The number of carbonyl (C=O) groups excluding carboxylic acids is 1. The summed E-state index contributed by atoms with van der Waals surface area (Å²) in [5.41, 5.74) is 1.42. The molecule has 1 aliphatic heterocycles. The Bertz CT molecular complexity index is 644. The average Bonchev–Trinajstić information content (AvgIpc) is 2.61. The Morgan fingerprint density at radius 3 is 2.88 bits per heavy atom. The van der Waals surface area contributed by atoms with Gasteiger partial charge < -0.3 is 9.47 Å². The molecule has 4 heteroatoms. The van der Waals surface area contributed by atoms with Crippen molar-refractivity contribution in [3.05, 3.63) is 36.4 Å². The van der Waals surface area contributed by atoms with E-state index in [2.05, 4.69) is 11.5 Å². The zero-order valence-electron chi connectivity index (χ0n) is 14.1. The lowest BCUT2D eigenvalue weighted by atomic mass is 9.66. The van der Waals surface area contributed by atoms with Gasteiger partial charge in [0.15, 0.2) is 0 Å². The second kappa shape index (κ2) is 6.25. The van der Waals surface area contributed by atoms with Crippen molar-refractivity contribution in [2.75, 3.05) is 6.73 Å². The molecule has 3 aliphatic rings. The van der Waals surface area contributed by atoms with Crippen molar-refractivity contribution in [3.8, 4) is 11.5 Å². The van der Waals surface area contributed by atoms with Crippen LogP contribution in [0.4, 0.5) is 0 Å². The first-order valence-electron chi connectivity index (χ1n) is 9.04. The van der Waals surface area contributed by atoms with Crippen molar-refractivity contribution in [1.82, 2.24) is 4.90 Å². The van der Waals surface area contributed by atoms with Crippen LogP contribution in [0.25, 0.3) is 0 Å². The van der Waals surface area contributed by atoms with Gasteiger partial charge in [-0.1, -0.05) is 32.3 Å². The molecule has 0 unspecified atom stereocenters. The molecule has 0 N–H and O–H groups in total. The molecule has 1 aromatic rings. The minimum Gasteiger partial charge on any atom is -0.478 e. The second-order valence-electron chi connectivity index (χ2n) is 7.45. The van der Waals surface area contributed by atoms with Crippen LogP contribution in [0, 0.1) is 5.92 Å². The molecule has 4 rings (SSSR count). The fourth-order valence-electron chi connectivity index (χ4n) is 4.84. The molecule has 0 saturated heterocycles. The minimum absolute atomic E-state index is 0.312. The lowest BCUT2D eigenvalue weighted by Gasteiger charge is -2.52. The maximum absolute atomic E-state index is 11.4. The molecule has 0 amide bonds. The first-order chi connectivity index (χ1) is 11.7. The van der Waals surface area contributed by atoms with Crippen molar-refractivity contribution in [2.24, 2.45) is 5.92 Å². The lowest BCUT2D eigenvalue weighted by molar-refractivity contribution is -0.128. The lowest BCUT2D eigenvalue weighted by Crippen LogP contribution is -2.55. The number of carbonyl (C=O) groups is 1. The van der Waals surface area contributed by atoms with Crippen molar-refractivity contribution in [3.63, 3.8) is 0 Å². The van der Waals surface area contributed by atoms with E-state index in [-0.39, 0.29) is 0 Å². The zero-order chi connectivity index (χ0) is 16.6. The standard InChI is InChI=1S/C20H25NO3/c1-2-19(22)24-17-7-8-18-16(11-17)13-21(14-23-18)20-9-3-5-15(12-20)6-4-10-20/h2,7-8,11,15H,1,3-6,9-10,12-14H2. The molecule has 4 nitrogen and oxygen atoms in total. The highest BCUT2D eigenvalue weighted by molar-refractivity contribution is 5.83. The van der Waals surface area contributed by atoms with E-state index in [9.17, 15) is 4.79 Å². The summed E-state index contributed by atoms with van der Waals surface area (Å²) in [6, 6.07) is 5.62. The first kappa shape index (κ1) is 15.7. The Morgan fingerprint density at radius 2 is 2.12 bits per heavy atom. The number of benzene rings is 1. The summed E-state index contributed by atoms with van der Waals surface area (Å²) in [5.74, 6) is 1.94. The molecule has 24 heavy (non-hydrogen) atoms. The van der Waals surface area contributed by atoms with Crippen LogP contribution in [0.2, 0.25) is 0 Å². The van der Waals surface area contributed by atoms with E-state index < -0.39 is 5.97 Å². The molecule has 2 fully saturated rings. The predicted octanol–water partition coefficient (Wildman–Crippen LogP) is 4.04. The molecule has 0 radical (unpaired) electrons. The van der Waals surface area contributed by atoms with E-state index in [0.717, 1.165) is 23.8 Å². The number of rotatable bonds is 3. The van der Waals surface area contributed by atoms with Gasteiger partial charge in [0.25, 0.3) is 0 Å². The van der Waals surface area contributed by atoms with Crippen molar-refractivity contribution in [2.45, 2.75) is 57.0 Å². The molecule has 2 saturated carbocycles. The number of hydrogen-bond acceptors (Lipinski definition) is 4. The van der Waals surface area contributed by atoms with Gasteiger partial charge in [0.2, 0.25) is 0 Å². The molecule has 128 valence electrons. The van der Waals surface area contributed by atoms with E-state index in [1.807, 2.05) is 12.1 Å². The van der Waals surface area contributed by atoms with E-state index in [4.69, 9.17) is 9.47 Å². The van der Waals surface area contributed by atoms with Gasteiger partial charge in [0.05, 0.1) is 0 Å². The summed E-state index contributed by atoms with van der Waals surface area (Å²) in [5, 5.41) is 0. The fraction of sp³-hybridized carbons (Fsp3) is 0.550. The van der Waals surface area contributed by atoms with Gasteiger partial charge >= 0.3 is 5.97 Å². The minimum atomic E-state index is -0.426. The molecule has 1 heterocycles. The highest BCUT2D eigenvalue weighted by Crippen LogP contribution is 2.48. The number of hydrogen-bond donors (Lipinski definition) is 0. The Morgan fingerprint density at radius 1 is 1.33 bits per heavy atom. The van der Waals surface area contributed by atoms with Gasteiger partial charge in [-0.05, 0) is 43.4 Å². The number of ether oxygens (including phenoxy) is 2. The van der Waals surface area contributed by atoms with Crippen LogP contribution in [-0.4, -0.2) is 23.1 Å². The Kier molecular flexibility index (Phi) is 4.09. The van der Waals surface area contributed by atoms with Gasteiger partial charge in [-0.2, -0.15) is 0 Å². The van der Waals surface area contributed by atoms with Gasteiger partial charge in [0, 0.05) is 23.7 Å². The quantitative estimate of drug-likeness (QED) is 0.477. The monoisotopic (exact) mass is 327 g/mol. The van der Waals surface area contributed by atoms with Crippen LogP contribution >= 0.6 is 0 Å². The summed E-state index contributed by atoms with van der Waals surface area (Å²) in [6.07, 6.45) is 10.5. The van der Waals surface area contributed by atoms with Crippen molar-refractivity contribution < 1.29 is 14.3 Å². The smallest absolute Gasteiger partial charge is 0.335 e. The number of fused-ring (bicyclic) bond motifs is 3. The van der Waals surface area contributed by atoms with Crippen LogP contribution in [0.1, 0.15) is 50.5 Å². The largest absolute Gasteiger partial charge is 0.478 e. The SMILES string of the molecule is C=CC(=O)Oc1ccc2c(c1)CN(C13CCCC(CCC1)C3)CO2. The topological polar surface area (TPSA) is 38.8 Å². The maximum Gasteiger partial charge on any atom is 0.335 e. The molecule has 0 spiro atoms. The Balaban J connectivity index is 1.55. The predicted molar refractivity (Wildman–Crippen MR) is 91.9 cm³/mol. The van der Waals surface area contributed by atoms with Crippen LogP contribution in [0.15, 0.2) is 30.9 Å². The van der Waals surface area contributed by atoms with Gasteiger partial charge in [-0.15, -0.1) is 0 Å². The molecule has 2 bridgehead atoms. The maximum atomic E-state index is 11.4. The average molecular weight is 327 g/mol. The van der Waals surface area contributed by atoms with Gasteiger partial charge in [0.1, 0.15) is 18.2 Å². The Labute approximate surface area is 143 Å².